The third-order valence-corrected chi connectivity index (χ3v) is 4.89. The van der Waals surface area contributed by atoms with Gasteiger partial charge in [0.1, 0.15) is 0 Å². The molecule has 0 bridgehead atoms. The highest BCUT2D eigenvalue weighted by molar-refractivity contribution is 7.99. The third-order valence-electron chi connectivity index (χ3n) is 2.57. The summed E-state index contributed by atoms with van der Waals surface area (Å²) in [6.07, 6.45) is 1.22. The summed E-state index contributed by atoms with van der Waals surface area (Å²) in [5.41, 5.74) is 1.22. The van der Waals surface area contributed by atoms with Gasteiger partial charge in [0.05, 0.1) is 4.90 Å². The lowest BCUT2D eigenvalue weighted by Crippen LogP contribution is -1.95. The van der Waals surface area contributed by atoms with Gasteiger partial charge in [-0.25, -0.2) is 8.42 Å². The molecular formula is C14H14O2S2. The summed E-state index contributed by atoms with van der Waals surface area (Å²) in [5, 5.41) is 0. The van der Waals surface area contributed by atoms with Gasteiger partial charge in [-0.1, -0.05) is 30.0 Å². The van der Waals surface area contributed by atoms with Crippen molar-refractivity contribution in [1.82, 2.24) is 0 Å². The molecule has 0 fully saturated rings. The van der Waals surface area contributed by atoms with Crippen LogP contribution >= 0.6 is 11.8 Å². The topological polar surface area (TPSA) is 34.1 Å². The minimum atomic E-state index is -3.11. The van der Waals surface area contributed by atoms with Crippen LogP contribution in [0.2, 0.25) is 0 Å². The summed E-state index contributed by atoms with van der Waals surface area (Å²) in [6, 6.07) is 15.1. The molecule has 94 valence electrons. The van der Waals surface area contributed by atoms with Gasteiger partial charge in [-0.2, -0.15) is 0 Å². The van der Waals surface area contributed by atoms with Crippen molar-refractivity contribution in [2.45, 2.75) is 21.6 Å². The SMILES string of the molecule is Cc1ccccc1Sc1ccc(S(C)(=O)=O)cc1. The average Bonchev–Trinajstić information content (AvgIpc) is 2.32. The molecule has 0 unspecified atom stereocenters. The highest BCUT2D eigenvalue weighted by Gasteiger charge is 2.07. The van der Waals surface area contributed by atoms with E-state index in [0.29, 0.717) is 4.90 Å². The molecule has 0 radical (unpaired) electrons. The molecule has 0 aliphatic carbocycles. The number of sulfone groups is 1. The number of hydrogen-bond donors (Lipinski definition) is 0. The first-order valence-corrected chi connectivity index (χ1v) is 8.21. The Balaban J connectivity index is 2.24. The predicted molar refractivity (Wildman–Crippen MR) is 74.9 cm³/mol. The Morgan fingerprint density at radius 2 is 1.56 bits per heavy atom. The summed E-state index contributed by atoms with van der Waals surface area (Å²) >= 11 is 1.64. The van der Waals surface area contributed by atoms with Crippen LogP contribution in [0.15, 0.2) is 63.2 Å². The maximum Gasteiger partial charge on any atom is 0.175 e. The smallest absolute Gasteiger partial charge is 0.175 e. The van der Waals surface area contributed by atoms with Crippen LogP contribution in [0.5, 0.6) is 0 Å². The fraction of sp³-hybridized carbons (Fsp3) is 0.143. The van der Waals surface area contributed by atoms with Crippen molar-refractivity contribution in [1.29, 1.82) is 0 Å². The third kappa shape index (κ3) is 3.15. The minimum absolute atomic E-state index is 0.358. The number of rotatable bonds is 3. The first-order chi connectivity index (χ1) is 8.47. The second-order valence-electron chi connectivity index (χ2n) is 4.11. The summed E-state index contributed by atoms with van der Waals surface area (Å²) in [7, 11) is -3.11. The van der Waals surface area contributed by atoms with Crippen molar-refractivity contribution >= 4 is 21.6 Å². The van der Waals surface area contributed by atoms with Crippen LogP contribution in [-0.2, 0) is 9.84 Å². The Morgan fingerprint density at radius 1 is 0.944 bits per heavy atom. The van der Waals surface area contributed by atoms with Gasteiger partial charge in [0.15, 0.2) is 9.84 Å². The zero-order valence-electron chi connectivity index (χ0n) is 10.3. The van der Waals surface area contributed by atoms with E-state index in [9.17, 15) is 8.42 Å². The second-order valence-corrected chi connectivity index (χ2v) is 7.24. The fourth-order valence-corrected chi connectivity index (χ4v) is 3.08. The Kier molecular flexibility index (Phi) is 3.78. The highest BCUT2D eigenvalue weighted by Crippen LogP contribution is 2.30. The second kappa shape index (κ2) is 5.16. The molecule has 0 amide bonds. The van der Waals surface area contributed by atoms with Crippen LogP contribution in [-0.4, -0.2) is 14.7 Å². The molecule has 0 aromatic heterocycles. The molecule has 2 aromatic rings. The van der Waals surface area contributed by atoms with Crippen LogP contribution in [0.3, 0.4) is 0 Å². The van der Waals surface area contributed by atoms with Gasteiger partial charge in [-0.05, 0) is 42.8 Å². The Morgan fingerprint density at radius 3 is 2.11 bits per heavy atom. The average molecular weight is 278 g/mol. The van der Waals surface area contributed by atoms with Crippen molar-refractivity contribution in [2.75, 3.05) is 6.26 Å². The number of aryl methyl sites for hydroxylation is 1. The van der Waals surface area contributed by atoms with Gasteiger partial charge in [0.2, 0.25) is 0 Å². The van der Waals surface area contributed by atoms with Crippen LogP contribution < -0.4 is 0 Å². The van der Waals surface area contributed by atoms with E-state index >= 15 is 0 Å². The normalized spacial score (nSPS) is 11.4. The van der Waals surface area contributed by atoms with Crippen LogP contribution in [0.1, 0.15) is 5.56 Å². The molecule has 0 saturated carbocycles. The molecule has 2 rings (SSSR count). The van der Waals surface area contributed by atoms with Gasteiger partial charge in [-0.15, -0.1) is 0 Å². The molecule has 0 heterocycles. The standard InChI is InChI=1S/C14H14O2S2/c1-11-5-3-4-6-14(11)17-12-7-9-13(10-8-12)18(2,15)16/h3-10H,1-2H3. The monoisotopic (exact) mass is 278 g/mol. The van der Waals surface area contributed by atoms with Gasteiger partial charge in [0, 0.05) is 16.0 Å². The lowest BCUT2D eigenvalue weighted by atomic mass is 10.2. The van der Waals surface area contributed by atoms with Crippen LogP contribution in [0, 0.1) is 6.92 Å². The Bertz CT molecular complexity index is 644. The molecule has 0 spiro atoms. The van der Waals surface area contributed by atoms with Crippen molar-refractivity contribution in [3.63, 3.8) is 0 Å². The van der Waals surface area contributed by atoms with Gasteiger partial charge >= 0.3 is 0 Å². The van der Waals surface area contributed by atoms with Crippen LogP contribution in [0.4, 0.5) is 0 Å². The van der Waals surface area contributed by atoms with E-state index in [0.717, 1.165) is 4.90 Å². The molecule has 2 nitrogen and oxygen atoms in total. The molecular weight excluding hydrogens is 264 g/mol. The van der Waals surface area contributed by atoms with E-state index in [1.807, 2.05) is 24.3 Å². The first-order valence-electron chi connectivity index (χ1n) is 5.50. The van der Waals surface area contributed by atoms with E-state index in [-0.39, 0.29) is 0 Å². The Hall–Kier alpha value is -1.26. The molecule has 0 saturated heterocycles. The minimum Gasteiger partial charge on any atom is -0.224 e. The maximum absolute atomic E-state index is 11.3. The number of hydrogen-bond acceptors (Lipinski definition) is 3. The molecule has 18 heavy (non-hydrogen) atoms. The summed E-state index contributed by atoms with van der Waals surface area (Å²) in [4.78, 5) is 2.58. The fourth-order valence-electron chi connectivity index (χ4n) is 1.55. The predicted octanol–water partition coefficient (Wildman–Crippen LogP) is 3.55. The molecule has 2 aromatic carbocycles. The van der Waals surface area contributed by atoms with Crippen molar-refractivity contribution in [3.05, 3.63) is 54.1 Å². The van der Waals surface area contributed by atoms with E-state index in [2.05, 4.69) is 19.1 Å². The van der Waals surface area contributed by atoms with Gasteiger partial charge < -0.3 is 0 Å². The molecule has 4 heteroatoms. The molecule has 0 aliphatic heterocycles. The van der Waals surface area contributed by atoms with Crippen LogP contribution in [0.25, 0.3) is 0 Å². The van der Waals surface area contributed by atoms with Gasteiger partial charge in [-0.3, -0.25) is 0 Å². The maximum atomic E-state index is 11.3. The molecule has 0 aliphatic rings. The lowest BCUT2D eigenvalue weighted by Gasteiger charge is -2.05. The van der Waals surface area contributed by atoms with Crippen molar-refractivity contribution in [3.8, 4) is 0 Å². The van der Waals surface area contributed by atoms with E-state index in [1.54, 1.807) is 23.9 Å². The van der Waals surface area contributed by atoms with Crippen molar-refractivity contribution in [2.24, 2.45) is 0 Å². The van der Waals surface area contributed by atoms with E-state index in [1.165, 1.54) is 16.7 Å². The number of benzene rings is 2. The summed E-state index contributed by atoms with van der Waals surface area (Å²) in [6.45, 7) is 2.06. The lowest BCUT2D eigenvalue weighted by molar-refractivity contribution is 0.602. The largest absolute Gasteiger partial charge is 0.224 e. The zero-order chi connectivity index (χ0) is 13.2. The van der Waals surface area contributed by atoms with Gasteiger partial charge in [0.25, 0.3) is 0 Å². The Labute approximate surface area is 112 Å². The van der Waals surface area contributed by atoms with E-state index < -0.39 is 9.84 Å². The van der Waals surface area contributed by atoms with E-state index in [4.69, 9.17) is 0 Å². The summed E-state index contributed by atoms with van der Waals surface area (Å²) in [5.74, 6) is 0. The summed E-state index contributed by atoms with van der Waals surface area (Å²) < 4.78 is 22.7. The zero-order valence-corrected chi connectivity index (χ0v) is 11.9. The molecule has 0 atom stereocenters. The molecule has 0 N–H and O–H groups in total. The highest BCUT2D eigenvalue weighted by atomic mass is 32.2. The quantitative estimate of drug-likeness (QED) is 0.861. The van der Waals surface area contributed by atoms with Crippen molar-refractivity contribution < 1.29 is 8.42 Å². The first kappa shape index (κ1) is 13.2.